The van der Waals surface area contributed by atoms with Crippen molar-refractivity contribution in [3.05, 3.63) is 146 Å². The van der Waals surface area contributed by atoms with Crippen molar-refractivity contribution in [1.82, 2.24) is 0 Å². The molecule has 0 aromatic heterocycles. The van der Waals surface area contributed by atoms with E-state index < -0.39 is 69.6 Å². The number of benzene rings is 6. The molecular formula is C69H104N6O18S6. The number of esters is 5. The molecule has 6 rings (SSSR count). The second-order valence-electron chi connectivity index (χ2n) is 19.5. The molecule has 10 N–H and O–H groups in total. The number of nitrogens with two attached hydrogens (primary N) is 3. The Bertz CT molecular complexity index is 3590. The number of carboxylic acids is 1. The summed E-state index contributed by atoms with van der Waals surface area (Å²) in [5.74, 6) is -3.29. The number of nitrogens with one attached hydrogen (secondary N) is 3. The van der Waals surface area contributed by atoms with Crippen molar-refractivity contribution in [2.24, 2.45) is 0 Å². The minimum Gasteiger partial charge on any atom is -0.481 e. The first-order chi connectivity index (χ1) is 45.5. The maximum atomic E-state index is 12.4. The number of anilines is 6. The van der Waals surface area contributed by atoms with Gasteiger partial charge in [0.1, 0.15) is 0 Å². The monoisotopic (exact) mass is 1500 g/mol. The van der Waals surface area contributed by atoms with Crippen molar-refractivity contribution in [2.45, 2.75) is 128 Å². The summed E-state index contributed by atoms with van der Waals surface area (Å²) in [5.41, 5.74) is 21.0. The van der Waals surface area contributed by atoms with Crippen molar-refractivity contribution in [1.29, 1.82) is 0 Å². The zero-order valence-corrected chi connectivity index (χ0v) is 61.1. The fourth-order valence-corrected chi connectivity index (χ4v) is 13.6. The third kappa shape index (κ3) is 39.3. The molecule has 0 aliphatic rings. The maximum Gasteiger partial charge on any atom is 0.324 e. The lowest BCUT2D eigenvalue weighted by Gasteiger charge is -2.15. The van der Waals surface area contributed by atoms with Crippen LogP contribution in [0.5, 0.6) is 0 Å². The van der Waals surface area contributed by atoms with Gasteiger partial charge in [-0.2, -0.15) is 0 Å². The smallest absolute Gasteiger partial charge is 0.324 e. The Labute approximate surface area is 600 Å². The van der Waals surface area contributed by atoms with Gasteiger partial charge in [-0.05, 0) is 158 Å². The molecule has 0 saturated carbocycles. The van der Waals surface area contributed by atoms with Crippen LogP contribution in [0, 0.1) is 0 Å². The van der Waals surface area contributed by atoms with E-state index >= 15 is 0 Å². The van der Waals surface area contributed by atoms with E-state index in [0.717, 1.165) is 44.5 Å². The predicted molar refractivity (Wildman–Crippen MR) is 405 cm³/mol. The van der Waals surface area contributed by atoms with Crippen molar-refractivity contribution in [3.63, 3.8) is 0 Å². The summed E-state index contributed by atoms with van der Waals surface area (Å²) in [6, 6.07) is 40.6. The van der Waals surface area contributed by atoms with Gasteiger partial charge in [0.05, 0.1) is 67.5 Å². The molecular weight excluding hydrogens is 1390 g/mol. The van der Waals surface area contributed by atoms with E-state index in [1.54, 1.807) is 62.6 Å². The Balaban J connectivity index is -0.000000540. The van der Waals surface area contributed by atoms with Crippen LogP contribution in [0.4, 0.5) is 34.1 Å². The topological polar surface area (TPSA) is 385 Å². The highest BCUT2D eigenvalue weighted by Gasteiger charge is 2.35. The van der Waals surface area contributed by atoms with Crippen LogP contribution in [0.1, 0.15) is 88.5 Å². The zero-order chi connectivity index (χ0) is 72.9. The Morgan fingerprint density at radius 1 is 0.394 bits per heavy atom. The maximum absolute atomic E-state index is 12.4. The highest BCUT2D eigenvalue weighted by atomic mass is 32.2. The van der Waals surface area contributed by atoms with Gasteiger partial charge in [-0.3, -0.25) is 28.8 Å². The number of thioether (sulfide) groups is 3. The van der Waals surface area contributed by atoms with E-state index in [9.17, 15) is 54.0 Å². The molecule has 0 fully saturated rings. The Kier molecular flexibility index (Phi) is 52.8. The van der Waals surface area contributed by atoms with E-state index in [0.29, 0.717) is 35.7 Å². The van der Waals surface area contributed by atoms with Gasteiger partial charge < -0.3 is 61.9 Å². The number of nitrogen functional groups attached to an aromatic ring is 3. The quantitative estimate of drug-likeness (QED) is 0.0115. The molecule has 6 aromatic rings. The van der Waals surface area contributed by atoms with Gasteiger partial charge in [0.25, 0.3) is 0 Å². The predicted octanol–water partition coefficient (Wildman–Crippen LogP) is 12.6. The molecule has 24 nitrogen and oxygen atoms in total. The second kappa shape index (κ2) is 53.8. The van der Waals surface area contributed by atoms with Crippen LogP contribution in [-0.4, -0.2) is 156 Å². The average molecular weight is 1500 g/mol. The molecule has 0 amide bonds. The lowest BCUT2D eigenvalue weighted by molar-refractivity contribution is -0.141. The minimum atomic E-state index is -3.72. The molecule has 6 aromatic carbocycles. The standard InChI is InChI=1S/C13H19NO4S.C12H17NO4S.C10H13NO4S.C10H13NO2S.C9H11NO2S.C8H9NO2S.C4H10.3CH4/c1-4-5-12(13(15)18-3)19(16,17)11-8-6-10(14-2)7-9-11;1-3-4-11(12(14)17-2)18(15,16)10-7-5-9(13)6-8-10;1-11-8-3-5-9(6-4-8)16(13,14)7-10(12)15-2;1-11-8-3-5-9(6-4-8)14-7-10(12)13-2;1-12-9(11)6-13-8-4-2-7(10)3-5-8;9-6-1-3-7(4-2-6)12-5-8(10)11;1-3-4-2;;;/h6-9,12,14H,4-5H2,1-3H3;5-8,11H,3-4,13H2,1-2H3;3-6,11H,7H2,1-2H3;3-6,11H,7H2,1-2H3;2-5H,6,10H2,1H3;1-4H,5,9H2,(H,10,11);3-4H2,1-2H3;3*1H4. The third-order valence-corrected chi connectivity index (χ3v) is 21.2. The van der Waals surface area contributed by atoms with E-state index in [1.807, 2.05) is 69.4 Å². The summed E-state index contributed by atoms with van der Waals surface area (Å²) >= 11 is 4.18. The van der Waals surface area contributed by atoms with Crippen LogP contribution >= 0.6 is 35.3 Å². The van der Waals surface area contributed by atoms with E-state index in [-0.39, 0.29) is 67.5 Å². The highest BCUT2D eigenvalue weighted by molar-refractivity contribution is 8.00. The number of rotatable bonds is 26. The van der Waals surface area contributed by atoms with Gasteiger partial charge in [-0.25, -0.2) is 25.3 Å². The number of ether oxygens (including phenoxy) is 5. The molecule has 0 saturated heterocycles. The van der Waals surface area contributed by atoms with Gasteiger partial charge in [0.15, 0.2) is 45.8 Å². The molecule has 99 heavy (non-hydrogen) atoms. The van der Waals surface area contributed by atoms with Crippen molar-refractivity contribution in [3.8, 4) is 0 Å². The first-order valence-corrected chi connectivity index (χ1v) is 37.2. The Morgan fingerprint density at radius 3 is 0.919 bits per heavy atom. The molecule has 0 bridgehead atoms. The molecule has 0 spiro atoms. The number of methoxy groups -OCH3 is 5. The van der Waals surface area contributed by atoms with E-state index in [2.05, 4.69) is 53.5 Å². The molecule has 30 heteroatoms. The summed E-state index contributed by atoms with van der Waals surface area (Å²) in [5, 5.41) is 14.9. The molecule has 0 radical (unpaired) electrons. The summed E-state index contributed by atoms with van der Waals surface area (Å²) in [4.78, 5) is 69.3. The molecule has 554 valence electrons. The van der Waals surface area contributed by atoms with Crippen molar-refractivity contribution < 1.29 is 82.8 Å². The lowest BCUT2D eigenvalue weighted by Crippen LogP contribution is -2.31. The van der Waals surface area contributed by atoms with E-state index in [1.165, 1.54) is 125 Å². The number of sulfone groups is 3. The van der Waals surface area contributed by atoms with Gasteiger partial charge in [0.2, 0.25) is 0 Å². The van der Waals surface area contributed by atoms with Crippen LogP contribution in [0.25, 0.3) is 0 Å². The summed E-state index contributed by atoms with van der Waals surface area (Å²) < 4.78 is 95.3. The summed E-state index contributed by atoms with van der Waals surface area (Å²) in [6.45, 7) is 8.00. The first kappa shape index (κ1) is 97.2. The second-order valence-corrected chi connectivity index (χ2v) is 28.9. The summed E-state index contributed by atoms with van der Waals surface area (Å²) in [6.07, 6.45) is 4.30. The normalized spacial score (nSPS) is 10.7. The summed E-state index contributed by atoms with van der Waals surface area (Å²) in [7, 11) is 0.646. The Morgan fingerprint density at radius 2 is 0.657 bits per heavy atom. The van der Waals surface area contributed by atoms with Crippen LogP contribution in [0.2, 0.25) is 0 Å². The number of hydrogen-bond acceptors (Lipinski definition) is 26. The molecule has 2 unspecified atom stereocenters. The number of unbranched alkanes of at least 4 members (excludes halogenated alkanes) is 1. The van der Waals surface area contributed by atoms with Gasteiger partial charge in [-0.1, -0.05) is 75.7 Å². The van der Waals surface area contributed by atoms with Crippen molar-refractivity contribution in [2.75, 3.05) is 113 Å². The van der Waals surface area contributed by atoms with Crippen LogP contribution in [0.3, 0.4) is 0 Å². The number of carbonyl (C=O) groups excluding carboxylic acids is 5. The molecule has 0 aliphatic carbocycles. The van der Waals surface area contributed by atoms with Crippen LogP contribution < -0.4 is 33.2 Å². The first-order valence-electron chi connectivity index (χ1n) is 29.5. The average Bonchev–Trinajstić information content (AvgIpc) is 0.812. The zero-order valence-electron chi connectivity index (χ0n) is 56.2. The fourth-order valence-electron chi connectivity index (χ4n) is 6.90. The van der Waals surface area contributed by atoms with Crippen LogP contribution in [0.15, 0.2) is 175 Å². The Hall–Kier alpha value is -8.16. The van der Waals surface area contributed by atoms with Gasteiger partial charge in [0, 0.05) is 70.0 Å². The molecule has 0 aliphatic heterocycles. The molecule has 2 atom stereocenters. The van der Waals surface area contributed by atoms with E-state index in [4.69, 9.17) is 22.3 Å². The number of hydrogen-bond donors (Lipinski definition) is 7. The van der Waals surface area contributed by atoms with Crippen LogP contribution in [-0.2, 0) is 82.0 Å². The van der Waals surface area contributed by atoms with Gasteiger partial charge >= 0.3 is 35.8 Å². The van der Waals surface area contributed by atoms with Gasteiger partial charge in [-0.15, -0.1) is 35.3 Å². The third-order valence-electron chi connectivity index (χ3n) is 12.4. The fraction of sp³-hybridized carbons (Fsp3) is 0.391. The lowest BCUT2D eigenvalue weighted by atomic mass is 10.2. The number of carboxylic acid groups (broad SMARTS) is 1. The minimum absolute atomic E-state index is 0. The van der Waals surface area contributed by atoms with Crippen molar-refractivity contribution >= 4 is 135 Å². The SMILES string of the molecule is C.C.C.CCCC.CCCC(C(=O)OC)S(=O)(=O)c1ccc(N)cc1.CCCC(C(=O)OC)S(=O)(=O)c1ccc(NC)cc1.CNc1ccc(S(=O)(=O)CC(=O)OC)cc1.CNc1ccc(SCC(=O)OC)cc1.COC(=O)CSc1ccc(N)cc1.Nc1ccc(SCC(=O)O)cc1. The number of carbonyl (C=O) groups is 6. The highest BCUT2D eigenvalue weighted by Crippen LogP contribution is 2.25. The number of aliphatic carboxylic acids is 1. The molecule has 0 heterocycles. The largest absolute Gasteiger partial charge is 0.481 e.